The Morgan fingerprint density at radius 1 is 0.362 bits per heavy atom. The lowest BCUT2D eigenvalue weighted by Crippen LogP contribution is -2.58. The summed E-state index contributed by atoms with van der Waals surface area (Å²) >= 11 is 0. The van der Waals surface area contributed by atoms with Gasteiger partial charge in [0.2, 0.25) is 47.3 Å². The van der Waals surface area contributed by atoms with Gasteiger partial charge in [0.15, 0.2) is 0 Å². The Kier molecular flexibility index (Phi) is 47.8. The topological polar surface area (TPSA) is 263 Å². The van der Waals surface area contributed by atoms with Crippen molar-refractivity contribution in [3.8, 4) is 0 Å². The van der Waals surface area contributed by atoms with E-state index in [0.717, 1.165) is 313 Å². The summed E-state index contributed by atoms with van der Waals surface area (Å²) in [5.74, 6) is 3.53. The maximum atomic E-state index is 12.5. The van der Waals surface area contributed by atoms with Crippen molar-refractivity contribution in [3.05, 3.63) is 11.9 Å². The minimum atomic E-state index is -0.285. The standard InChI is InChI=1S/C22H40N4O3.C21H40N4O2.C20H37N3O3.C18H34N4O2.C15H26N4O.C12H24N2O/c1-22(2,3)16-20(27)25-10-8-24(9-11-25)17-19-4-6-23(7-5-19)18-21(28)26-12-14-29-15-13-26;1-17-14-23(16-20(27)22(5)6)11-12-25(17)15-18-7-9-24(10-8-18)19(26)13-21(2,3)4;1-20(2,3)14-19(24)22-6-4-17(5-7-22)23(18-15-26-16-18)9-8-21-10-12-25-13-11-21;1-18(2,3)17(24)22-12-10-21(11-13-22)15-6-8-20(9-7-15)14-16(23)19(4)5;1-15(2,3)8-12-9-19(17-16-12)13-4-6-18(7-5-13)14-10-20-11-14;1-5-13-6-8-14(9-7-13)11(15)10-12(2,3)4/h19H,4-18H2,1-3H3;17-18H,7-16H2,1-6H3;17-18H,4-16H2,1-3H3;15H,6-14H2,1-5H3;9,13-14H,4-8,10-11H2,1-3H3;5-10H2,1-4H3/t;17-;;;;/m.0..../s1. The summed E-state index contributed by atoms with van der Waals surface area (Å²) in [4.78, 5) is 138. The van der Waals surface area contributed by atoms with Crippen LogP contribution in [0.5, 0.6) is 0 Å². The smallest absolute Gasteiger partial charge is 0.236 e. The van der Waals surface area contributed by atoms with Gasteiger partial charge in [-0.1, -0.05) is 137 Å². The molecule has 13 saturated heterocycles. The molecule has 1 aromatic rings. The van der Waals surface area contributed by atoms with E-state index in [1.165, 1.54) is 25.7 Å². The van der Waals surface area contributed by atoms with E-state index in [-0.39, 0.29) is 56.1 Å². The highest BCUT2D eigenvalue weighted by molar-refractivity contribution is 5.82. The molecule has 14 heterocycles. The Morgan fingerprint density at radius 3 is 1.21 bits per heavy atom. The third-order valence-corrected chi connectivity index (χ3v) is 30.3. The molecule has 0 aromatic carbocycles. The molecule has 0 bridgehead atoms. The second kappa shape index (κ2) is 56.6. The first-order chi connectivity index (χ1) is 66.4. The number of hydrogen-bond donors (Lipinski definition) is 0. The molecule has 0 unspecified atom stereocenters. The molecule has 14 rings (SSSR count). The molecule has 1 atom stereocenters. The maximum absolute atomic E-state index is 12.5. The number of piperazine rings is 4. The highest BCUT2D eigenvalue weighted by Crippen LogP contribution is 2.33. The average molecular weight is 1990 g/mol. The Hall–Kier alpha value is -5.66. The van der Waals surface area contributed by atoms with E-state index in [9.17, 15) is 38.4 Å². The monoisotopic (exact) mass is 1980 g/mol. The van der Waals surface area contributed by atoms with Gasteiger partial charge >= 0.3 is 0 Å². The summed E-state index contributed by atoms with van der Waals surface area (Å²) in [6, 6.07) is 3.43. The van der Waals surface area contributed by atoms with Crippen molar-refractivity contribution in [3.63, 3.8) is 0 Å². The number of aromatic nitrogens is 3. The van der Waals surface area contributed by atoms with E-state index in [4.69, 9.17) is 18.9 Å². The van der Waals surface area contributed by atoms with Gasteiger partial charge in [0.05, 0.1) is 96.3 Å². The quantitative estimate of drug-likeness (QED) is 0.0938. The minimum absolute atomic E-state index is 0.0609. The molecule has 810 valence electrons. The highest BCUT2D eigenvalue weighted by atomic mass is 16.5. The number of morpholine rings is 2. The van der Waals surface area contributed by atoms with Crippen LogP contribution in [0.2, 0.25) is 0 Å². The summed E-state index contributed by atoms with van der Waals surface area (Å²) in [6.07, 6.45) is 17.1. The average Bonchev–Trinajstić information content (AvgIpc) is 1.75. The number of carbonyl (C=O) groups is 8. The number of rotatable bonds is 24. The van der Waals surface area contributed by atoms with Gasteiger partial charge in [0.1, 0.15) is 0 Å². The van der Waals surface area contributed by atoms with Crippen LogP contribution in [0.1, 0.15) is 240 Å². The third kappa shape index (κ3) is 42.8. The van der Waals surface area contributed by atoms with Crippen LogP contribution in [0.15, 0.2) is 6.20 Å². The van der Waals surface area contributed by atoms with Crippen LogP contribution in [0.3, 0.4) is 0 Å². The second-order valence-electron chi connectivity index (χ2n) is 50.6. The lowest BCUT2D eigenvalue weighted by molar-refractivity contribution is -0.142. The molecule has 13 fully saturated rings. The van der Waals surface area contributed by atoms with Crippen LogP contribution in [0, 0.1) is 44.3 Å². The van der Waals surface area contributed by atoms with E-state index in [0.29, 0.717) is 130 Å². The molecule has 141 heavy (non-hydrogen) atoms. The van der Waals surface area contributed by atoms with Gasteiger partial charge in [0, 0.05) is 286 Å². The second-order valence-corrected chi connectivity index (χ2v) is 50.6. The Balaban J connectivity index is 0.000000191. The van der Waals surface area contributed by atoms with Crippen molar-refractivity contribution in [1.29, 1.82) is 0 Å². The number of piperidine rings is 5. The van der Waals surface area contributed by atoms with Gasteiger partial charge in [0.25, 0.3) is 0 Å². The van der Waals surface area contributed by atoms with Crippen LogP contribution in [-0.4, -0.2) is 504 Å². The normalized spacial score (nSPS) is 22.8. The van der Waals surface area contributed by atoms with Crippen molar-refractivity contribution in [2.45, 2.75) is 271 Å². The molecule has 8 amide bonds. The summed E-state index contributed by atoms with van der Waals surface area (Å²) in [7, 11) is 7.27. The molecule has 33 nitrogen and oxygen atoms in total. The Bertz CT molecular complexity index is 3840. The molecule has 1 aromatic heterocycles. The van der Waals surface area contributed by atoms with E-state index < -0.39 is 0 Å². The van der Waals surface area contributed by atoms with E-state index in [2.05, 4.69) is 198 Å². The van der Waals surface area contributed by atoms with Gasteiger partial charge < -0.3 is 63.0 Å². The first-order valence-corrected chi connectivity index (χ1v) is 55.0. The van der Waals surface area contributed by atoms with Gasteiger partial charge in [-0.05, 0) is 136 Å². The number of hydrogen-bond acceptors (Lipinski definition) is 24. The molecule has 0 aliphatic carbocycles. The van der Waals surface area contributed by atoms with E-state index >= 15 is 0 Å². The van der Waals surface area contributed by atoms with Crippen LogP contribution in [0.4, 0.5) is 0 Å². The van der Waals surface area contributed by atoms with Crippen LogP contribution < -0.4 is 0 Å². The minimum Gasteiger partial charge on any atom is -0.379 e. The third-order valence-electron chi connectivity index (χ3n) is 30.3. The van der Waals surface area contributed by atoms with Crippen LogP contribution in [0.25, 0.3) is 0 Å². The molecular formula is C108H201N21O12. The fourth-order valence-electron chi connectivity index (χ4n) is 21.3. The lowest BCUT2D eigenvalue weighted by atomic mass is 9.90. The van der Waals surface area contributed by atoms with Crippen molar-refractivity contribution >= 4 is 47.3 Å². The van der Waals surface area contributed by atoms with Gasteiger partial charge in [-0.15, -0.1) is 5.10 Å². The van der Waals surface area contributed by atoms with Crippen molar-refractivity contribution < 1.29 is 57.3 Å². The molecular weight excluding hydrogens is 1780 g/mol. The highest BCUT2D eigenvalue weighted by Gasteiger charge is 2.40. The summed E-state index contributed by atoms with van der Waals surface area (Å²) in [5.41, 5.74) is 1.41. The first-order valence-electron chi connectivity index (χ1n) is 55.0. The zero-order chi connectivity index (χ0) is 103. The van der Waals surface area contributed by atoms with Crippen molar-refractivity contribution in [2.24, 2.45) is 44.3 Å². The number of likely N-dealkylation sites (N-methyl/N-ethyl adjacent to an activating group) is 3. The van der Waals surface area contributed by atoms with Crippen LogP contribution >= 0.6 is 0 Å². The fraction of sp³-hybridized carbons (Fsp3) is 0.907. The van der Waals surface area contributed by atoms with E-state index in [1.807, 2.05) is 68.6 Å². The van der Waals surface area contributed by atoms with E-state index in [1.54, 1.807) is 9.80 Å². The zero-order valence-corrected chi connectivity index (χ0v) is 93.4. The number of carbonyl (C=O) groups excluding carboxylic acids is 8. The van der Waals surface area contributed by atoms with Crippen LogP contribution in [-0.2, 0) is 63.7 Å². The summed E-state index contributed by atoms with van der Waals surface area (Å²) < 4.78 is 23.6. The Labute approximate surface area is 853 Å². The van der Waals surface area contributed by atoms with Gasteiger partial charge in [-0.25, -0.2) is 4.68 Å². The number of nitrogens with zero attached hydrogens (tertiary/aromatic N) is 21. The molecule has 0 radical (unpaired) electrons. The molecule has 0 saturated carbocycles. The molecule has 13 aliphatic heterocycles. The van der Waals surface area contributed by atoms with Crippen molar-refractivity contribution in [1.82, 2.24) is 103 Å². The first kappa shape index (κ1) is 119. The molecule has 33 heteroatoms. The molecule has 13 aliphatic rings. The fourth-order valence-corrected chi connectivity index (χ4v) is 21.3. The Morgan fingerprint density at radius 2 is 0.766 bits per heavy atom. The zero-order valence-electron chi connectivity index (χ0n) is 93.4. The molecule has 0 spiro atoms. The SMILES string of the molecule is CC(C)(C)CC(=O)N1CCC(N(CCN2CCOCC2)C2COC2)CC1.CC(C)(C)CC(=O)N1CCN(CC2CCN(CC(=O)N3CCOCC3)CC2)CC1.CC(C)(C)Cc1cn(C2CCN(C3COC3)CC2)nn1.CCN1CCN(C(=O)CC(C)(C)C)CC1.CN(C)C(=O)CN1CCC(N2CCN(C(=O)C(C)(C)C)CC2)CC1.C[C@H]1CN(CC(=O)N(C)C)CCN1CC1CCN(C(=O)CC(C)(C)C)CC1. The number of amides is 8. The summed E-state index contributed by atoms with van der Waals surface area (Å²) in [5, 5.41) is 8.69. The molecule has 0 N–H and O–H groups in total. The number of ether oxygens (including phenoxy) is 4. The predicted molar refractivity (Wildman–Crippen MR) is 562 cm³/mol. The van der Waals surface area contributed by atoms with Gasteiger partial charge in [-0.3, -0.25) is 82.5 Å². The summed E-state index contributed by atoms with van der Waals surface area (Å²) in [6.45, 7) is 84.2. The maximum Gasteiger partial charge on any atom is 0.236 e. The van der Waals surface area contributed by atoms with Crippen molar-refractivity contribution in [2.75, 3.05) is 323 Å². The van der Waals surface area contributed by atoms with Gasteiger partial charge in [-0.2, -0.15) is 0 Å². The predicted octanol–water partition coefficient (Wildman–Crippen LogP) is 8.56. The lowest BCUT2D eigenvalue weighted by Gasteiger charge is -2.46. The number of likely N-dealkylation sites (tertiary alicyclic amines) is 5. The largest absolute Gasteiger partial charge is 0.379 e.